The molecule has 1 aromatic carbocycles. The SMILES string of the molecule is CC(C)[C@@H](NC(N)=O)C(=O)Nc1cccc(S(=O)(=O)N2CCOCC2)c1. The van der Waals surface area contributed by atoms with E-state index in [1.165, 1.54) is 16.4 Å². The molecule has 1 aliphatic heterocycles. The van der Waals surface area contributed by atoms with Crippen molar-refractivity contribution in [2.75, 3.05) is 31.6 Å². The molecule has 1 heterocycles. The van der Waals surface area contributed by atoms with E-state index in [4.69, 9.17) is 10.5 Å². The molecule has 2 rings (SSSR count). The Hall–Kier alpha value is -2.17. The highest BCUT2D eigenvalue weighted by atomic mass is 32.2. The molecular formula is C16H24N4O5S. The van der Waals surface area contributed by atoms with Crippen molar-refractivity contribution in [3.63, 3.8) is 0 Å². The Kier molecular flexibility index (Phi) is 6.57. The predicted molar refractivity (Wildman–Crippen MR) is 96.0 cm³/mol. The van der Waals surface area contributed by atoms with E-state index < -0.39 is 28.0 Å². The molecule has 0 radical (unpaired) electrons. The minimum atomic E-state index is -3.66. The second-order valence-electron chi connectivity index (χ2n) is 6.26. The molecule has 4 N–H and O–H groups in total. The van der Waals surface area contributed by atoms with Gasteiger partial charge >= 0.3 is 6.03 Å². The van der Waals surface area contributed by atoms with Gasteiger partial charge in [-0.3, -0.25) is 4.79 Å². The van der Waals surface area contributed by atoms with Gasteiger partial charge in [0.2, 0.25) is 15.9 Å². The summed E-state index contributed by atoms with van der Waals surface area (Å²) in [6.07, 6.45) is 0. The van der Waals surface area contributed by atoms with Gasteiger partial charge in [0.05, 0.1) is 18.1 Å². The van der Waals surface area contributed by atoms with Crippen LogP contribution in [-0.2, 0) is 19.6 Å². The van der Waals surface area contributed by atoms with Gasteiger partial charge in [-0.1, -0.05) is 19.9 Å². The monoisotopic (exact) mass is 384 g/mol. The number of anilines is 1. The molecule has 0 bridgehead atoms. The zero-order valence-corrected chi connectivity index (χ0v) is 15.6. The van der Waals surface area contributed by atoms with Crippen LogP contribution in [0.4, 0.5) is 10.5 Å². The summed E-state index contributed by atoms with van der Waals surface area (Å²) in [5, 5.41) is 5.01. The third-order valence-electron chi connectivity index (χ3n) is 3.96. The first-order valence-electron chi connectivity index (χ1n) is 8.26. The van der Waals surface area contributed by atoms with Crippen molar-refractivity contribution in [2.24, 2.45) is 11.7 Å². The van der Waals surface area contributed by atoms with Gasteiger partial charge in [-0.05, 0) is 24.1 Å². The molecule has 1 fully saturated rings. The fourth-order valence-corrected chi connectivity index (χ4v) is 4.03. The number of nitrogens with two attached hydrogens (primary N) is 1. The molecule has 1 atom stereocenters. The van der Waals surface area contributed by atoms with E-state index in [1.807, 2.05) is 0 Å². The van der Waals surface area contributed by atoms with Crippen LogP contribution >= 0.6 is 0 Å². The van der Waals surface area contributed by atoms with Gasteiger partial charge in [0.25, 0.3) is 0 Å². The van der Waals surface area contributed by atoms with Crippen molar-refractivity contribution in [3.05, 3.63) is 24.3 Å². The zero-order valence-electron chi connectivity index (χ0n) is 14.8. The lowest BCUT2D eigenvalue weighted by Crippen LogP contribution is -2.49. The number of sulfonamides is 1. The quantitative estimate of drug-likeness (QED) is 0.651. The minimum absolute atomic E-state index is 0.0844. The summed E-state index contributed by atoms with van der Waals surface area (Å²) >= 11 is 0. The number of nitrogens with one attached hydrogen (secondary N) is 2. The molecular weight excluding hydrogens is 360 g/mol. The third kappa shape index (κ3) is 4.93. The van der Waals surface area contributed by atoms with Crippen molar-refractivity contribution < 1.29 is 22.7 Å². The maximum Gasteiger partial charge on any atom is 0.312 e. The fourth-order valence-electron chi connectivity index (χ4n) is 2.58. The summed E-state index contributed by atoms with van der Waals surface area (Å²) in [5.41, 5.74) is 5.42. The number of carbonyl (C=O) groups excluding carboxylic acids is 2. The van der Waals surface area contributed by atoms with E-state index >= 15 is 0 Å². The topological polar surface area (TPSA) is 131 Å². The number of urea groups is 1. The Bertz CT molecular complexity index is 760. The highest BCUT2D eigenvalue weighted by Gasteiger charge is 2.27. The van der Waals surface area contributed by atoms with E-state index in [-0.39, 0.29) is 23.9 Å². The van der Waals surface area contributed by atoms with E-state index in [0.29, 0.717) is 18.9 Å². The van der Waals surface area contributed by atoms with Crippen LogP contribution in [0.15, 0.2) is 29.2 Å². The zero-order chi connectivity index (χ0) is 19.3. The number of ether oxygens (including phenoxy) is 1. The van der Waals surface area contributed by atoms with Crippen molar-refractivity contribution in [3.8, 4) is 0 Å². The Labute approximate surface area is 152 Å². The first-order valence-corrected chi connectivity index (χ1v) is 9.70. The van der Waals surface area contributed by atoms with Gasteiger partial charge in [-0.25, -0.2) is 13.2 Å². The summed E-state index contributed by atoms with van der Waals surface area (Å²) in [6.45, 7) is 4.81. The van der Waals surface area contributed by atoms with Crippen LogP contribution in [0.1, 0.15) is 13.8 Å². The number of morpholine rings is 1. The molecule has 26 heavy (non-hydrogen) atoms. The maximum atomic E-state index is 12.7. The van der Waals surface area contributed by atoms with Crippen LogP contribution in [-0.4, -0.2) is 57.0 Å². The molecule has 1 aliphatic rings. The molecule has 9 nitrogen and oxygen atoms in total. The third-order valence-corrected chi connectivity index (χ3v) is 5.85. The van der Waals surface area contributed by atoms with Gasteiger partial charge in [-0.2, -0.15) is 4.31 Å². The first kappa shape index (κ1) is 20.1. The van der Waals surface area contributed by atoms with E-state index in [2.05, 4.69) is 10.6 Å². The molecule has 0 unspecified atom stereocenters. The summed E-state index contributed by atoms with van der Waals surface area (Å²) in [5.74, 6) is -0.664. The number of benzene rings is 1. The Balaban J connectivity index is 2.18. The van der Waals surface area contributed by atoms with Crippen LogP contribution in [0.5, 0.6) is 0 Å². The van der Waals surface area contributed by atoms with Gasteiger partial charge < -0.3 is 21.1 Å². The first-order chi connectivity index (χ1) is 12.2. The number of amides is 3. The molecule has 0 spiro atoms. The lowest BCUT2D eigenvalue weighted by molar-refractivity contribution is -0.118. The number of primary amides is 1. The molecule has 1 saturated heterocycles. The van der Waals surface area contributed by atoms with Gasteiger partial charge in [0.15, 0.2) is 0 Å². The summed E-state index contributed by atoms with van der Waals surface area (Å²) in [4.78, 5) is 23.5. The maximum absolute atomic E-state index is 12.7. The van der Waals surface area contributed by atoms with E-state index in [9.17, 15) is 18.0 Å². The minimum Gasteiger partial charge on any atom is -0.379 e. The van der Waals surface area contributed by atoms with E-state index in [0.717, 1.165) is 0 Å². The molecule has 0 aliphatic carbocycles. The second-order valence-corrected chi connectivity index (χ2v) is 8.20. The van der Waals surface area contributed by atoms with Crippen LogP contribution < -0.4 is 16.4 Å². The second kappa shape index (κ2) is 8.47. The van der Waals surface area contributed by atoms with Crippen molar-refractivity contribution in [2.45, 2.75) is 24.8 Å². The van der Waals surface area contributed by atoms with Crippen molar-refractivity contribution in [1.29, 1.82) is 0 Å². The van der Waals surface area contributed by atoms with E-state index in [1.54, 1.807) is 26.0 Å². The summed E-state index contributed by atoms with van der Waals surface area (Å²) in [6, 6.07) is 4.37. The molecule has 1 aromatic rings. The van der Waals surface area contributed by atoms with Gasteiger partial charge in [0.1, 0.15) is 6.04 Å². The Morgan fingerprint density at radius 1 is 1.23 bits per heavy atom. The standard InChI is InChI=1S/C16H24N4O5S/c1-11(2)14(19-16(17)22)15(21)18-12-4-3-5-13(10-12)26(23,24)20-6-8-25-9-7-20/h3-5,10-11,14H,6-9H2,1-2H3,(H,18,21)(H3,17,19,22)/t14-/m1/s1. The van der Waals surface area contributed by atoms with Crippen molar-refractivity contribution in [1.82, 2.24) is 9.62 Å². The normalized spacial score (nSPS) is 16.9. The predicted octanol–water partition coefficient (Wildman–Crippen LogP) is 0.339. The Morgan fingerprint density at radius 2 is 1.88 bits per heavy atom. The highest BCUT2D eigenvalue weighted by Crippen LogP contribution is 2.21. The number of nitrogens with zero attached hydrogens (tertiary/aromatic N) is 1. The number of rotatable bonds is 6. The smallest absolute Gasteiger partial charge is 0.312 e. The average Bonchev–Trinajstić information content (AvgIpc) is 2.60. The van der Waals surface area contributed by atoms with Crippen LogP contribution in [0.2, 0.25) is 0 Å². The number of hydrogen-bond acceptors (Lipinski definition) is 5. The highest BCUT2D eigenvalue weighted by molar-refractivity contribution is 7.89. The fraction of sp³-hybridized carbons (Fsp3) is 0.500. The molecule has 144 valence electrons. The summed E-state index contributed by atoms with van der Waals surface area (Å²) < 4.78 is 31.9. The molecule has 10 heteroatoms. The van der Waals surface area contributed by atoms with Crippen LogP contribution in [0.25, 0.3) is 0 Å². The number of hydrogen-bond donors (Lipinski definition) is 3. The average molecular weight is 384 g/mol. The lowest BCUT2D eigenvalue weighted by atomic mass is 10.0. The van der Waals surface area contributed by atoms with Gasteiger partial charge in [0, 0.05) is 18.8 Å². The largest absolute Gasteiger partial charge is 0.379 e. The molecule has 0 aromatic heterocycles. The van der Waals surface area contributed by atoms with Crippen molar-refractivity contribution >= 4 is 27.6 Å². The summed E-state index contributed by atoms with van der Waals surface area (Å²) in [7, 11) is -3.66. The van der Waals surface area contributed by atoms with Crippen LogP contribution in [0, 0.1) is 5.92 Å². The Morgan fingerprint density at radius 3 is 2.46 bits per heavy atom. The lowest BCUT2D eigenvalue weighted by Gasteiger charge is -2.26. The number of carbonyl (C=O) groups is 2. The molecule has 0 saturated carbocycles. The van der Waals surface area contributed by atoms with Gasteiger partial charge in [-0.15, -0.1) is 0 Å². The molecule has 3 amide bonds. The van der Waals surface area contributed by atoms with Crippen LogP contribution in [0.3, 0.4) is 0 Å².